The monoisotopic (exact) mass is 351 g/mol. The van der Waals surface area contributed by atoms with Gasteiger partial charge in [0.2, 0.25) is 0 Å². The highest BCUT2D eigenvalue weighted by molar-refractivity contribution is 6.30. The maximum Gasteiger partial charge on any atom is 0.266 e. The van der Waals surface area contributed by atoms with Crippen molar-refractivity contribution in [2.45, 2.75) is 12.8 Å². The molecule has 1 saturated heterocycles. The van der Waals surface area contributed by atoms with Crippen LogP contribution in [0.15, 0.2) is 54.1 Å². The second kappa shape index (κ2) is 7.87. The summed E-state index contributed by atoms with van der Waals surface area (Å²) in [4.78, 5) is 14.6. The number of carbonyl (C=O) groups is 1. The van der Waals surface area contributed by atoms with Gasteiger partial charge >= 0.3 is 0 Å². The van der Waals surface area contributed by atoms with Crippen LogP contribution in [0.3, 0.4) is 0 Å². The molecule has 1 N–H and O–H groups in total. The summed E-state index contributed by atoms with van der Waals surface area (Å²) in [5.74, 6) is -0.437. The number of rotatable bonds is 4. The van der Waals surface area contributed by atoms with Crippen molar-refractivity contribution in [1.82, 2.24) is 0 Å². The standard InChI is InChI=1S/C20H18ClN3O/c21-17-5-7-18(8-6-17)23-20(25)16(14-22)13-15-3-9-19(10-4-15)24-11-1-2-12-24/h3-10,13H,1-2,11-12H2,(H,23,25)/b16-13+. The van der Waals surface area contributed by atoms with Gasteiger partial charge in [-0.1, -0.05) is 23.7 Å². The maximum absolute atomic E-state index is 12.3. The summed E-state index contributed by atoms with van der Waals surface area (Å²) in [6.45, 7) is 2.17. The zero-order valence-corrected chi connectivity index (χ0v) is 14.5. The fourth-order valence-corrected chi connectivity index (χ4v) is 2.93. The molecule has 0 aliphatic carbocycles. The van der Waals surface area contributed by atoms with Crippen LogP contribution in [0.25, 0.3) is 6.08 Å². The molecule has 3 rings (SSSR count). The van der Waals surface area contributed by atoms with Gasteiger partial charge < -0.3 is 10.2 Å². The van der Waals surface area contributed by atoms with Crippen LogP contribution in [-0.4, -0.2) is 19.0 Å². The number of benzene rings is 2. The van der Waals surface area contributed by atoms with Crippen molar-refractivity contribution in [3.8, 4) is 6.07 Å². The molecule has 25 heavy (non-hydrogen) atoms. The fraction of sp³-hybridized carbons (Fsp3) is 0.200. The normalized spacial score (nSPS) is 14.2. The predicted molar refractivity (Wildman–Crippen MR) is 102 cm³/mol. The van der Waals surface area contributed by atoms with E-state index in [-0.39, 0.29) is 5.57 Å². The largest absolute Gasteiger partial charge is 0.372 e. The predicted octanol–water partition coefficient (Wildman–Crippen LogP) is 4.49. The van der Waals surface area contributed by atoms with Crippen LogP contribution in [0, 0.1) is 11.3 Å². The Bertz CT molecular complexity index is 814. The molecule has 2 aromatic carbocycles. The van der Waals surface area contributed by atoms with E-state index >= 15 is 0 Å². The SMILES string of the molecule is N#C/C(=C\c1ccc(N2CCCC2)cc1)C(=O)Nc1ccc(Cl)cc1. The molecule has 0 radical (unpaired) electrons. The number of anilines is 2. The molecular weight excluding hydrogens is 334 g/mol. The number of nitriles is 1. The second-order valence-corrected chi connectivity index (χ2v) is 6.35. The van der Waals surface area contributed by atoms with Gasteiger partial charge in [-0.25, -0.2) is 0 Å². The molecule has 0 saturated carbocycles. The highest BCUT2D eigenvalue weighted by atomic mass is 35.5. The van der Waals surface area contributed by atoms with E-state index in [2.05, 4.69) is 10.2 Å². The molecule has 0 bridgehead atoms. The molecule has 0 unspecified atom stereocenters. The van der Waals surface area contributed by atoms with Crippen molar-refractivity contribution in [2.24, 2.45) is 0 Å². The molecule has 1 heterocycles. The second-order valence-electron chi connectivity index (χ2n) is 5.92. The van der Waals surface area contributed by atoms with Gasteiger partial charge in [-0.15, -0.1) is 0 Å². The number of carbonyl (C=O) groups excluding carboxylic acids is 1. The first-order chi connectivity index (χ1) is 12.2. The highest BCUT2D eigenvalue weighted by Gasteiger charge is 2.12. The molecule has 4 nitrogen and oxygen atoms in total. The zero-order chi connectivity index (χ0) is 17.6. The number of nitrogens with one attached hydrogen (secondary N) is 1. The lowest BCUT2D eigenvalue weighted by Crippen LogP contribution is -2.17. The quantitative estimate of drug-likeness (QED) is 0.652. The molecule has 5 heteroatoms. The van der Waals surface area contributed by atoms with Crippen LogP contribution in [0.5, 0.6) is 0 Å². The average molecular weight is 352 g/mol. The van der Waals surface area contributed by atoms with E-state index in [4.69, 9.17) is 11.6 Å². The van der Waals surface area contributed by atoms with Crippen molar-refractivity contribution in [2.75, 3.05) is 23.3 Å². The molecule has 126 valence electrons. The first kappa shape index (κ1) is 17.1. The average Bonchev–Trinajstić information content (AvgIpc) is 3.16. The Balaban J connectivity index is 1.71. The van der Waals surface area contributed by atoms with Crippen LogP contribution in [-0.2, 0) is 4.79 Å². The topological polar surface area (TPSA) is 56.1 Å². The van der Waals surface area contributed by atoms with Gasteiger partial charge in [0.1, 0.15) is 11.6 Å². The third-order valence-corrected chi connectivity index (χ3v) is 4.39. The van der Waals surface area contributed by atoms with Gasteiger partial charge in [0.25, 0.3) is 5.91 Å². The third kappa shape index (κ3) is 4.40. The van der Waals surface area contributed by atoms with Gasteiger partial charge in [0.05, 0.1) is 0 Å². The lowest BCUT2D eigenvalue weighted by molar-refractivity contribution is -0.112. The Labute approximate surface area is 152 Å². The summed E-state index contributed by atoms with van der Waals surface area (Å²) in [6.07, 6.45) is 4.05. The van der Waals surface area contributed by atoms with Gasteiger partial charge in [-0.05, 0) is 60.9 Å². The first-order valence-electron chi connectivity index (χ1n) is 8.19. The first-order valence-corrected chi connectivity index (χ1v) is 8.57. The van der Waals surface area contributed by atoms with E-state index in [9.17, 15) is 10.1 Å². The Morgan fingerprint density at radius 2 is 1.72 bits per heavy atom. The number of halogens is 1. The van der Waals surface area contributed by atoms with Crippen LogP contribution < -0.4 is 10.2 Å². The van der Waals surface area contributed by atoms with E-state index in [1.165, 1.54) is 18.5 Å². The third-order valence-electron chi connectivity index (χ3n) is 4.14. The van der Waals surface area contributed by atoms with Crippen molar-refractivity contribution >= 4 is 35.0 Å². The Kier molecular flexibility index (Phi) is 5.37. The molecule has 1 aliphatic rings. The summed E-state index contributed by atoms with van der Waals surface area (Å²) in [5, 5.41) is 12.6. The minimum Gasteiger partial charge on any atom is -0.372 e. The minimum absolute atomic E-state index is 0.0591. The molecular formula is C20H18ClN3O. The summed E-state index contributed by atoms with van der Waals surface area (Å²) in [5.41, 5.74) is 2.66. The summed E-state index contributed by atoms with van der Waals surface area (Å²) < 4.78 is 0. The number of nitrogens with zero attached hydrogens (tertiary/aromatic N) is 2. The van der Waals surface area contributed by atoms with E-state index < -0.39 is 5.91 Å². The molecule has 1 amide bonds. The van der Waals surface area contributed by atoms with Gasteiger partial charge in [-0.3, -0.25) is 4.79 Å². The summed E-state index contributed by atoms with van der Waals surface area (Å²) in [6, 6.07) is 16.6. The number of hydrogen-bond acceptors (Lipinski definition) is 3. The van der Waals surface area contributed by atoms with Crippen molar-refractivity contribution in [3.05, 3.63) is 64.7 Å². The Morgan fingerprint density at radius 3 is 2.32 bits per heavy atom. The smallest absolute Gasteiger partial charge is 0.266 e. The van der Waals surface area contributed by atoms with E-state index in [1.54, 1.807) is 30.3 Å². The number of hydrogen-bond donors (Lipinski definition) is 1. The van der Waals surface area contributed by atoms with E-state index in [0.29, 0.717) is 10.7 Å². The van der Waals surface area contributed by atoms with Gasteiger partial charge in [-0.2, -0.15) is 5.26 Å². The molecule has 0 spiro atoms. The van der Waals surface area contributed by atoms with E-state index in [0.717, 1.165) is 18.7 Å². The lowest BCUT2D eigenvalue weighted by atomic mass is 10.1. The highest BCUT2D eigenvalue weighted by Crippen LogP contribution is 2.21. The molecule has 0 aromatic heterocycles. The Hall–Kier alpha value is -2.77. The maximum atomic E-state index is 12.3. The Morgan fingerprint density at radius 1 is 1.08 bits per heavy atom. The van der Waals surface area contributed by atoms with Crippen molar-refractivity contribution in [3.63, 3.8) is 0 Å². The van der Waals surface area contributed by atoms with Crippen LogP contribution >= 0.6 is 11.6 Å². The molecule has 0 atom stereocenters. The van der Waals surface area contributed by atoms with Crippen LogP contribution in [0.2, 0.25) is 5.02 Å². The van der Waals surface area contributed by atoms with Crippen LogP contribution in [0.4, 0.5) is 11.4 Å². The lowest BCUT2D eigenvalue weighted by Gasteiger charge is -2.17. The van der Waals surface area contributed by atoms with Crippen molar-refractivity contribution < 1.29 is 4.79 Å². The minimum atomic E-state index is -0.437. The molecule has 1 fully saturated rings. The molecule has 2 aromatic rings. The van der Waals surface area contributed by atoms with Gasteiger partial charge in [0.15, 0.2) is 0 Å². The molecule has 1 aliphatic heterocycles. The number of amides is 1. The van der Waals surface area contributed by atoms with Crippen molar-refractivity contribution in [1.29, 1.82) is 5.26 Å². The zero-order valence-electron chi connectivity index (χ0n) is 13.7. The van der Waals surface area contributed by atoms with Crippen LogP contribution in [0.1, 0.15) is 18.4 Å². The summed E-state index contributed by atoms with van der Waals surface area (Å²) in [7, 11) is 0. The van der Waals surface area contributed by atoms with E-state index in [1.807, 2.05) is 30.3 Å². The fourth-order valence-electron chi connectivity index (χ4n) is 2.80. The summed E-state index contributed by atoms with van der Waals surface area (Å²) >= 11 is 5.83. The van der Waals surface area contributed by atoms with Gasteiger partial charge in [0, 0.05) is 29.5 Å².